The number of rotatable bonds is 6. The Morgan fingerprint density at radius 3 is 2.60 bits per heavy atom. The number of nitrogen functional groups attached to an aromatic ring is 1. The summed E-state index contributed by atoms with van der Waals surface area (Å²) >= 11 is 0. The standard InChI is InChI=1S/C13H20N4O3/c1-4-13(2,3)8-15-12(18)9-5-6-11(17(19)20)10(7-9)16-14/h5-7,16H,4,8,14H2,1-3H3,(H,15,18). The van der Waals surface area contributed by atoms with Gasteiger partial charge >= 0.3 is 0 Å². The van der Waals surface area contributed by atoms with E-state index in [4.69, 9.17) is 5.84 Å². The van der Waals surface area contributed by atoms with E-state index in [2.05, 4.69) is 31.5 Å². The Kier molecular flexibility index (Phi) is 5.04. The van der Waals surface area contributed by atoms with Gasteiger partial charge in [0.1, 0.15) is 5.69 Å². The van der Waals surface area contributed by atoms with Gasteiger partial charge in [0.2, 0.25) is 0 Å². The molecule has 0 aliphatic heterocycles. The van der Waals surface area contributed by atoms with Gasteiger partial charge in [-0.1, -0.05) is 20.8 Å². The number of nitrogens with zero attached hydrogens (tertiary/aromatic N) is 1. The molecule has 0 bridgehead atoms. The molecule has 0 aromatic heterocycles. The van der Waals surface area contributed by atoms with E-state index in [0.29, 0.717) is 12.1 Å². The van der Waals surface area contributed by atoms with Crippen molar-refractivity contribution in [2.24, 2.45) is 11.3 Å². The van der Waals surface area contributed by atoms with Crippen LogP contribution < -0.4 is 16.6 Å². The van der Waals surface area contributed by atoms with E-state index in [1.165, 1.54) is 18.2 Å². The van der Waals surface area contributed by atoms with Crippen molar-refractivity contribution in [3.8, 4) is 0 Å². The molecule has 0 fully saturated rings. The van der Waals surface area contributed by atoms with Gasteiger partial charge in [0.05, 0.1) is 4.92 Å². The lowest BCUT2D eigenvalue weighted by atomic mass is 9.90. The third-order valence-corrected chi connectivity index (χ3v) is 3.30. The normalized spacial score (nSPS) is 11.0. The second kappa shape index (κ2) is 6.33. The topological polar surface area (TPSA) is 110 Å². The van der Waals surface area contributed by atoms with E-state index in [1.807, 2.05) is 0 Å². The lowest BCUT2D eigenvalue weighted by Crippen LogP contribution is -2.33. The van der Waals surface area contributed by atoms with E-state index in [1.54, 1.807) is 0 Å². The van der Waals surface area contributed by atoms with Crippen molar-refractivity contribution in [1.29, 1.82) is 0 Å². The van der Waals surface area contributed by atoms with Crippen LogP contribution in [-0.4, -0.2) is 17.4 Å². The molecular weight excluding hydrogens is 260 g/mol. The highest BCUT2D eigenvalue weighted by atomic mass is 16.6. The average Bonchev–Trinajstić information content (AvgIpc) is 2.43. The van der Waals surface area contributed by atoms with Crippen molar-refractivity contribution < 1.29 is 9.72 Å². The number of nitrogens with one attached hydrogen (secondary N) is 2. The van der Waals surface area contributed by atoms with Crippen LogP contribution in [0.3, 0.4) is 0 Å². The number of carbonyl (C=O) groups is 1. The minimum Gasteiger partial charge on any atom is -0.352 e. The van der Waals surface area contributed by atoms with Crippen LogP contribution in [0.4, 0.5) is 11.4 Å². The molecule has 4 N–H and O–H groups in total. The number of benzene rings is 1. The summed E-state index contributed by atoms with van der Waals surface area (Å²) in [6.45, 7) is 6.69. The molecule has 0 atom stereocenters. The summed E-state index contributed by atoms with van der Waals surface area (Å²) in [5, 5.41) is 13.6. The van der Waals surface area contributed by atoms with Gasteiger partial charge in [-0.2, -0.15) is 0 Å². The van der Waals surface area contributed by atoms with Crippen molar-refractivity contribution in [2.45, 2.75) is 27.2 Å². The molecule has 0 aliphatic carbocycles. The molecule has 7 nitrogen and oxygen atoms in total. The number of carbonyl (C=O) groups excluding carboxylic acids is 1. The smallest absolute Gasteiger partial charge is 0.293 e. The summed E-state index contributed by atoms with van der Waals surface area (Å²) in [6, 6.07) is 4.04. The van der Waals surface area contributed by atoms with Gasteiger partial charge < -0.3 is 10.7 Å². The fourth-order valence-electron chi connectivity index (χ4n) is 1.50. The first-order valence-corrected chi connectivity index (χ1v) is 6.34. The van der Waals surface area contributed by atoms with E-state index >= 15 is 0 Å². The maximum atomic E-state index is 12.0. The summed E-state index contributed by atoms with van der Waals surface area (Å²) in [5.74, 6) is 4.96. The molecule has 0 spiro atoms. The van der Waals surface area contributed by atoms with Gasteiger partial charge in [0.15, 0.2) is 0 Å². The molecule has 0 unspecified atom stereocenters. The third kappa shape index (κ3) is 3.92. The summed E-state index contributed by atoms with van der Waals surface area (Å²) in [6.07, 6.45) is 0.934. The highest BCUT2D eigenvalue weighted by Gasteiger charge is 2.19. The van der Waals surface area contributed by atoms with E-state index < -0.39 is 4.92 Å². The Bertz CT molecular complexity index is 514. The Morgan fingerprint density at radius 1 is 1.45 bits per heavy atom. The van der Waals surface area contributed by atoms with Crippen molar-refractivity contribution in [1.82, 2.24) is 5.32 Å². The summed E-state index contributed by atoms with van der Waals surface area (Å²) in [5.41, 5.74) is 2.51. The molecule has 1 aromatic rings. The molecule has 110 valence electrons. The molecule has 0 radical (unpaired) electrons. The first-order valence-electron chi connectivity index (χ1n) is 6.34. The molecule has 1 amide bonds. The van der Waals surface area contributed by atoms with E-state index in [0.717, 1.165) is 6.42 Å². The highest BCUT2D eigenvalue weighted by Crippen LogP contribution is 2.24. The zero-order chi connectivity index (χ0) is 15.3. The first kappa shape index (κ1) is 15.9. The van der Waals surface area contributed by atoms with Crippen molar-refractivity contribution >= 4 is 17.3 Å². The van der Waals surface area contributed by atoms with Crippen LogP contribution in [0.25, 0.3) is 0 Å². The lowest BCUT2D eigenvalue weighted by Gasteiger charge is -2.22. The number of anilines is 1. The molecule has 7 heteroatoms. The number of hydrogen-bond acceptors (Lipinski definition) is 5. The molecule has 0 saturated heterocycles. The van der Waals surface area contributed by atoms with Crippen molar-refractivity contribution in [2.75, 3.05) is 12.0 Å². The molecule has 0 aliphatic rings. The van der Waals surface area contributed by atoms with Gasteiger partial charge in [-0.25, -0.2) is 0 Å². The Labute approximate surface area is 117 Å². The van der Waals surface area contributed by atoms with E-state index in [-0.39, 0.29) is 22.7 Å². The first-order chi connectivity index (χ1) is 9.30. The lowest BCUT2D eigenvalue weighted by molar-refractivity contribution is -0.384. The van der Waals surface area contributed by atoms with Gasteiger partial charge in [-0.05, 0) is 24.0 Å². The van der Waals surface area contributed by atoms with Crippen LogP contribution in [0.1, 0.15) is 37.6 Å². The van der Waals surface area contributed by atoms with Gasteiger partial charge in [0, 0.05) is 18.2 Å². The maximum Gasteiger partial charge on any atom is 0.293 e. The Morgan fingerprint density at radius 2 is 2.10 bits per heavy atom. The number of nitro groups is 1. The third-order valence-electron chi connectivity index (χ3n) is 3.30. The predicted molar refractivity (Wildman–Crippen MR) is 77.3 cm³/mol. The second-order valence-electron chi connectivity index (χ2n) is 5.33. The summed E-state index contributed by atoms with van der Waals surface area (Å²) in [4.78, 5) is 22.2. The number of amides is 1. The van der Waals surface area contributed by atoms with Crippen LogP contribution in [0, 0.1) is 15.5 Å². The number of nitrogens with two attached hydrogens (primary N) is 1. The van der Waals surface area contributed by atoms with E-state index in [9.17, 15) is 14.9 Å². The fourth-order valence-corrected chi connectivity index (χ4v) is 1.50. The average molecular weight is 280 g/mol. The minimum absolute atomic E-state index is 0.00534. The number of hydrogen-bond donors (Lipinski definition) is 3. The van der Waals surface area contributed by atoms with Gasteiger partial charge in [-0.3, -0.25) is 20.8 Å². The van der Waals surface area contributed by atoms with Crippen LogP contribution in [-0.2, 0) is 0 Å². The summed E-state index contributed by atoms with van der Waals surface area (Å²) < 4.78 is 0. The molecule has 20 heavy (non-hydrogen) atoms. The van der Waals surface area contributed by atoms with Crippen LogP contribution in [0.5, 0.6) is 0 Å². The molecule has 0 saturated carbocycles. The Hall–Kier alpha value is -2.15. The molecule has 1 rings (SSSR count). The Balaban J connectivity index is 2.87. The van der Waals surface area contributed by atoms with Gasteiger partial charge in [-0.15, -0.1) is 0 Å². The summed E-state index contributed by atoms with van der Waals surface area (Å²) in [7, 11) is 0. The number of nitro benzene ring substituents is 1. The zero-order valence-corrected chi connectivity index (χ0v) is 11.9. The molecule has 0 heterocycles. The quantitative estimate of drug-likeness (QED) is 0.419. The second-order valence-corrected chi connectivity index (χ2v) is 5.33. The highest BCUT2D eigenvalue weighted by molar-refractivity contribution is 5.95. The molecular formula is C13H20N4O3. The fraction of sp³-hybridized carbons (Fsp3) is 0.462. The predicted octanol–water partition coefficient (Wildman–Crippen LogP) is 2.05. The van der Waals surface area contributed by atoms with Gasteiger partial charge in [0.25, 0.3) is 11.6 Å². The van der Waals surface area contributed by atoms with Crippen molar-refractivity contribution in [3.05, 3.63) is 33.9 Å². The van der Waals surface area contributed by atoms with Crippen LogP contribution >= 0.6 is 0 Å². The van der Waals surface area contributed by atoms with Crippen LogP contribution in [0.15, 0.2) is 18.2 Å². The molecule has 1 aromatic carbocycles. The number of hydrazine groups is 1. The minimum atomic E-state index is -0.558. The van der Waals surface area contributed by atoms with Crippen molar-refractivity contribution in [3.63, 3.8) is 0 Å². The maximum absolute atomic E-state index is 12.0. The zero-order valence-electron chi connectivity index (χ0n) is 11.9. The SMILES string of the molecule is CCC(C)(C)CNC(=O)c1ccc([N+](=O)[O-])c(NN)c1. The monoisotopic (exact) mass is 280 g/mol. The largest absolute Gasteiger partial charge is 0.352 e. The van der Waals surface area contributed by atoms with Crippen LogP contribution in [0.2, 0.25) is 0 Å².